The van der Waals surface area contributed by atoms with Crippen LogP contribution < -0.4 is 4.74 Å². The lowest BCUT2D eigenvalue weighted by atomic mass is 10.2. The molecule has 72 valence electrons. The number of benzene rings is 1. The van der Waals surface area contributed by atoms with E-state index in [1.54, 1.807) is 31.5 Å². The van der Waals surface area contributed by atoms with E-state index in [1.165, 1.54) is 0 Å². The van der Waals surface area contributed by atoms with Crippen LogP contribution in [0, 0.1) is 0 Å². The van der Waals surface area contributed by atoms with Crippen LogP contribution in [0.3, 0.4) is 0 Å². The molecule has 0 spiro atoms. The van der Waals surface area contributed by atoms with Crippen molar-refractivity contribution in [1.82, 2.24) is 5.16 Å². The lowest BCUT2D eigenvalue weighted by molar-refractivity contribution is 0.414. The molecule has 2 aromatic rings. The van der Waals surface area contributed by atoms with Crippen molar-refractivity contribution in [3.63, 3.8) is 0 Å². The molecule has 0 saturated carbocycles. The first-order chi connectivity index (χ1) is 6.81. The molecule has 0 aliphatic carbocycles. The van der Waals surface area contributed by atoms with E-state index in [0.29, 0.717) is 16.5 Å². The molecule has 2 rings (SSSR count). The zero-order chi connectivity index (χ0) is 9.97. The second-order valence-electron chi connectivity index (χ2n) is 2.73. The highest BCUT2D eigenvalue weighted by atomic mass is 35.5. The molecule has 4 heteroatoms. The number of ether oxygens (including phenoxy) is 1. The average molecular weight is 210 g/mol. The Labute approximate surface area is 86.2 Å². The molecule has 0 radical (unpaired) electrons. The summed E-state index contributed by atoms with van der Waals surface area (Å²) in [5, 5.41) is 4.18. The van der Waals surface area contributed by atoms with Gasteiger partial charge in [-0.2, -0.15) is 0 Å². The number of hydrogen-bond donors (Lipinski definition) is 0. The quantitative estimate of drug-likeness (QED) is 0.763. The third-order valence-corrected chi connectivity index (χ3v) is 2.17. The molecule has 0 fully saturated rings. The molecular weight excluding hydrogens is 202 g/mol. The van der Waals surface area contributed by atoms with Gasteiger partial charge in [0.1, 0.15) is 5.75 Å². The van der Waals surface area contributed by atoms with E-state index >= 15 is 0 Å². The van der Waals surface area contributed by atoms with Crippen molar-refractivity contribution in [2.45, 2.75) is 0 Å². The number of aromatic nitrogens is 1. The van der Waals surface area contributed by atoms with Gasteiger partial charge in [-0.25, -0.2) is 0 Å². The van der Waals surface area contributed by atoms with E-state index in [0.717, 1.165) is 5.56 Å². The lowest BCUT2D eigenvalue weighted by Crippen LogP contribution is -1.84. The summed E-state index contributed by atoms with van der Waals surface area (Å²) in [6.07, 6.45) is 1.59. The van der Waals surface area contributed by atoms with Crippen LogP contribution in [0.5, 0.6) is 5.75 Å². The Bertz CT molecular complexity index is 426. The first-order valence-electron chi connectivity index (χ1n) is 4.06. The zero-order valence-electron chi connectivity index (χ0n) is 7.53. The first kappa shape index (κ1) is 9.09. The van der Waals surface area contributed by atoms with Gasteiger partial charge in [0.2, 0.25) is 0 Å². The number of hydrogen-bond acceptors (Lipinski definition) is 3. The van der Waals surface area contributed by atoms with Gasteiger partial charge in [-0.3, -0.25) is 0 Å². The summed E-state index contributed by atoms with van der Waals surface area (Å²) in [4.78, 5) is 0. The SMILES string of the molecule is COc1ccc(-c2ccno2)cc1Cl. The smallest absolute Gasteiger partial charge is 0.166 e. The Kier molecular flexibility index (Phi) is 2.41. The third kappa shape index (κ3) is 1.59. The second kappa shape index (κ2) is 3.72. The van der Waals surface area contributed by atoms with Crippen LogP contribution in [0.1, 0.15) is 0 Å². The van der Waals surface area contributed by atoms with E-state index in [2.05, 4.69) is 5.16 Å². The van der Waals surface area contributed by atoms with Crippen LogP contribution in [-0.2, 0) is 0 Å². The molecule has 0 atom stereocenters. The van der Waals surface area contributed by atoms with Gasteiger partial charge in [0.25, 0.3) is 0 Å². The Morgan fingerprint density at radius 2 is 2.21 bits per heavy atom. The van der Waals surface area contributed by atoms with Gasteiger partial charge in [0, 0.05) is 11.6 Å². The monoisotopic (exact) mass is 209 g/mol. The fraction of sp³-hybridized carbons (Fsp3) is 0.100. The molecule has 0 aliphatic rings. The molecule has 0 unspecified atom stereocenters. The minimum absolute atomic E-state index is 0.557. The van der Waals surface area contributed by atoms with E-state index < -0.39 is 0 Å². The molecule has 0 N–H and O–H groups in total. The van der Waals surface area contributed by atoms with Crippen LogP contribution >= 0.6 is 11.6 Å². The third-order valence-electron chi connectivity index (χ3n) is 1.87. The fourth-order valence-electron chi connectivity index (χ4n) is 1.18. The fourth-order valence-corrected chi connectivity index (χ4v) is 1.44. The summed E-state index contributed by atoms with van der Waals surface area (Å²) in [5.74, 6) is 1.34. The maximum atomic E-state index is 5.96. The Hall–Kier alpha value is -1.48. The standard InChI is InChI=1S/C10H8ClNO2/c1-13-10-3-2-7(6-8(10)11)9-4-5-12-14-9/h2-6H,1H3. The van der Waals surface area contributed by atoms with Crippen molar-refractivity contribution in [2.24, 2.45) is 0 Å². The van der Waals surface area contributed by atoms with E-state index in [-0.39, 0.29) is 0 Å². The minimum Gasteiger partial charge on any atom is -0.495 e. The Morgan fingerprint density at radius 3 is 2.79 bits per heavy atom. The summed E-state index contributed by atoms with van der Waals surface area (Å²) in [6, 6.07) is 7.21. The van der Waals surface area contributed by atoms with Gasteiger partial charge in [-0.1, -0.05) is 16.8 Å². The molecule has 0 amide bonds. The summed E-state index contributed by atoms with van der Waals surface area (Å²) < 4.78 is 10.0. The summed E-state index contributed by atoms with van der Waals surface area (Å²) in [5.41, 5.74) is 0.883. The highest BCUT2D eigenvalue weighted by molar-refractivity contribution is 6.32. The summed E-state index contributed by atoms with van der Waals surface area (Å²) in [7, 11) is 1.58. The van der Waals surface area contributed by atoms with Gasteiger partial charge in [-0.15, -0.1) is 0 Å². The predicted octanol–water partition coefficient (Wildman–Crippen LogP) is 3.00. The Balaban J connectivity index is 2.43. The molecule has 1 heterocycles. The molecule has 14 heavy (non-hydrogen) atoms. The van der Waals surface area contributed by atoms with E-state index in [9.17, 15) is 0 Å². The van der Waals surface area contributed by atoms with E-state index in [1.807, 2.05) is 6.07 Å². The minimum atomic E-state index is 0.557. The number of halogens is 1. The maximum Gasteiger partial charge on any atom is 0.166 e. The maximum absolute atomic E-state index is 5.96. The predicted molar refractivity (Wildman–Crippen MR) is 53.5 cm³/mol. The molecular formula is C10H8ClNO2. The molecule has 0 aliphatic heterocycles. The van der Waals surface area contributed by atoms with Gasteiger partial charge in [0.05, 0.1) is 18.3 Å². The number of nitrogens with zero attached hydrogens (tertiary/aromatic N) is 1. The highest BCUT2D eigenvalue weighted by Crippen LogP contribution is 2.29. The largest absolute Gasteiger partial charge is 0.495 e. The average Bonchev–Trinajstić information content (AvgIpc) is 2.70. The van der Waals surface area contributed by atoms with Crippen molar-refractivity contribution >= 4 is 11.6 Å². The second-order valence-corrected chi connectivity index (χ2v) is 3.13. The van der Waals surface area contributed by atoms with Crippen molar-refractivity contribution in [1.29, 1.82) is 0 Å². The van der Waals surface area contributed by atoms with Crippen LogP contribution in [0.4, 0.5) is 0 Å². The van der Waals surface area contributed by atoms with Gasteiger partial charge < -0.3 is 9.26 Å². The topological polar surface area (TPSA) is 35.3 Å². The van der Waals surface area contributed by atoms with E-state index in [4.69, 9.17) is 20.9 Å². The molecule has 0 bridgehead atoms. The van der Waals surface area contributed by atoms with Crippen molar-refractivity contribution in [3.05, 3.63) is 35.5 Å². The molecule has 1 aromatic heterocycles. The van der Waals surface area contributed by atoms with Crippen molar-refractivity contribution in [3.8, 4) is 17.1 Å². The van der Waals surface area contributed by atoms with Gasteiger partial charge in [-0.05, 0) is 18.2 Å². The molecule has 3 nitrogen and oxygen atoms in total. The van der Waals surface area contributed by atoms with Crippen molar-refractivity contribution < 1.29 is 9.26 Å². The first-order valence-corrected chi connectivity index (χ1v) is 4.43. The summed E-state index contributed by atoms with van der Waals surface area (Å²) in [6.45, 7) is 0. The van der Waals surface area contributed by atoms with Gasteiger partial charge >= 0.3 is 0 Å². The Morgan fingerprint density at radius 1 is 1.36 bits per heavy atom. The van der Waals surface area contributed by atoms with Crippen LogP contribution in [0.15, 0.2) is 35.0 Å². The van der Waals surface area contributed by atoms with Gasteiger partial charge in [0.15, 0.2) is 5.76 Å². The van der Waals surface area contributed by atoms with Crippen LogP contribution in [0.2, 0.25) is 5.02 Å². The van der Waals surface area contributed by atoms with Crippen molar-refractivity contribution in [2.75, 3.05) is 7.11 Å². The zero-order valence-corrected chi connectivity index (χ0v) is 8.28. The number of methoxy groups -OCH3 is 1. The normalized spacial score (nSPS) is 10.1. The van der Waals surface area contributed by atoms with Crippen LogP contribution in [-0.4, -0.2) is 12.3 Å². The molecule has 0 saturated heterocycles. The lowest BCUT2D eigenvalue weighted by Gasteiger charge is -2.03. The number of rotatable bonds is 2. The summed E-state index contributed by atoms with van der Waals surface area (Å²) >= 11 is 5.96. The van der Waals surface area contributed by atoms with Crippen LogP contribution in [0.25, 0.3) is 11.3 Å². The highest BCUT2D eigenvalue weighted by Gasteiger charge is 2.05. The molecule has 1 aromatic carbocycles.